The van der Waals surface area contributed by atoms with Crippen molar-refractivity contribution in [3.05, 3.63) is 0 Å². The van der Waals surface area contributed by atoms with Crippen molar-refractivity contribution in [1.82, 2.24) is 5.32 Å². The lowest BCUT2D eigenvalue weighted by Crippen LogP contribution is -2.67. The van der Waals surface area contributed by atoms with Gasteiger partial charge in [-0.3, -0.25) is 38.4 Å². The van der Waals surface area contributed by atoms with Crippen LogP contribution < -0.4 is 5.32 Å². The number of rotatable bonds is 12. The van der Waals surface area contributed by atoms with Gasteiger partial charge in [-0.05, 0) is 0 Å². The van der Waals surface area contributed by atoms with E-state index in [-0.39, 0.29) is 0 Å². The third-order valence-electron chi connectivity index (χ3n) is 6.28. The Hall–Kier alpha value is -4.36. The normalized spacial score (nSPS) is 30.0. The van der Waals surface area contributed by atoms with Gasteiger partial charge in [0.2, 0.25) is 12.2 Å². The van der Waals surface area contributed by atoms with Crippen molar-refractivity contribution in [3.63, 3.8) is 0 Å². The maximum Gasteiger partial charge on any atom is 0.305 e. The van der Waals surface area contributed by atoms with E-state index in [0.717, 1.165) is 55.4 Å². The highest BCUT2D eigenvalue weighted by Gasteiger charge is 2.55. The van der Waals surface area contributed by atoms with Crippen molar-refractivity contribution in [2.24, 2.45) is 0 Å². The summed E-state index contributed by atoms with van der Waals surface area (Å²) in [6, 6.07) is -1.36. The third kappa shape index (κ3) is 12.1. The molecule has 19 heteroatoms. The van der Waals surface area contributed by atoms with Crippen molar-refractivity contribution in [1.29, 1.82) is 0 Å². The first-order chi connectivity index (χ1) is 21.9. The van der Waals surface area contributed by atoms with Crippen molar-refractivity contribution in [2.75, 3.05) is 13.2 Å². The fourth-order valence-electron chi connectivity index (χ4n) is 4.87. The molecule has 19 nitrogen and oxygen atoms in total. The molecule has 0 spiro atoms. The molecule has 2 heterocycles. The minimum absolute atomic E-state index is 0.533. The Kier molecular flexibility index (Phi) is 14.5. The van der Waals surface area contributed by atoms with E-state index in [1.165, 1.54) is 0 Å². The zero-order chi connectivity index (χ0) is 35.6. The first kappa shape index (κ1) is 38.8. The molecule has 2 aliphatic rings. The van der Waals surface area contributed by atoms with Gasteiger partial charge in [-0.1, -0.05) is 0 Å². The largest absolute Gasteiger partial charge is 0.463 e. The van der Waals surface area contributed by atoms with E-state index in [1.807, 2.05) is 0 Å². The molecule has 2 aliphatic heterocycles. The predicted octanol–water partition coefficient (Wildman–Crippen LogP) is -1.26. The molecule has 1 amide bonds. The van der Waals surface area contributed by atoms with Gasteiger partial charge >= 0.3 is 41.8 Å². The lowest BCUT2D eigenvalue weighted by Gasteiger charge is -2.46. The molecular weight excluding hydrogens is 638 g/mol. The zero-order valence-corrected chi connectivity index (χ0v) is 27.0. The van der Waals surface area contributed by atoms with Gasteiger partial charge in [0, 0.05) is 55.4 Å². The third-order valence-corrected chi connectivity index (χ3v) is 6.28. The summed E-state index contributed by atoms with van der Waals surface area (Å²) in [4.78, 5) is 96.1. The molecule has 0 aromatic rings. The second-order valence-electron chi connectivity index (χ2n) is 10.4. The van der Waals surface area contributed by atoms with Crippen LogP contribution >= 0.6 is 0 Å². The van der Waals surface area contributed by atoms with Gasteiger partial charge < -0.3 is 52.7 Å². The summed E-state index contributed by atoms with van der Waals surface area (Å²) in [5, 5.41) is 2.46. The molecule has 0 aromatic carbocycles. The number of carbonyl (C=O) groups excluding carboxylic acids is 8. The number of nitrogens with one attached hydrogen (secondary N) is 1. The molecule has 0 radical (unpaired) electrons. The SMILES string of the molecule is CC(=O)N[C@H]1[C@@H](OC(C)=O)O[C@H](CO[C@@H]2O[C@H](COC(C)=O)[C@H](OC(C)=O)[C@H](OC(C)=O)[C@H]2OC(C)=O)[C@@H](OC(C)=O)[C@@H]1OC(C)=O. The molecule has 0 saturated carbocycles. The highest BCUT2D eigenvalue weighted by atomic mass is 16.8. The fraction of sp³-hybridized carbons (Fsp3) is 0.714. The van der Waals surface area contributed by atoms with Crippen LogP contribution in [0.3, 0.4) is 0 Å². The highest BCUT2D eigenvalue weighted by molar-refractivity contribution is 5.74. The van der Waals surface area contributed by atoms with E-state index in [0.29, 0.717) is 0 Å². The van der Waals surface area contributed by atoms with Crippen LogP contribution in [0.2, 0.25) is 0 Å². The average Bonchev–Trinajstić information content (AvgIpc) is 2.91. The van der Waals surface area contributed by atoms with E-state index >= 15 is 0 Å². The van der Waals surface area contributed by atoms with Gasteiger partial charge in [0.15, 0.2) is 36.8 Å². The van der Waals surface area contributed by atoms with E-state index < -0.39 is 122 Å². The first-order valence-corrected chi connectivity index (χ1v) is 14.3. The summed E-state index contributed by atoms with van der Waals surface area (Å²) in [5.74, 6) is -6.55. The fourth-order valence-corrected chi connectivity index (χ4v) is 4.87. The van der Waals surface area contributed by atoms with Crippen LogP contribution in [-0.4, -0.2) is 122 Å². The van der Waals surface area contributed by atoms with Crippen molar-refractivity contribution < 1.29 is 85.7 Å². The number of carbonyl (C=O) groups is 8. The Morgan fingerprint density at radius 1 is 0.468 bits per heavy atom. The number of ether oxygens (including phenoxy) is 10. The van der Waals surface area contributed by atoms with Gasteiger partial charge in [0.25, 0.3) is 0 Å². The predicted molar refractivity (Wildman–Crippen MR) is 147 cm³/mol. The van der Waals surface area contributed by atoms with E-state index in [2.05, 4.69) is 5.32 Å². The van der Waals surface area contributed by atoms with Crippen LogP contribution in [0.1, 0.15) is 55.4 Å². The molecule has 2 fully saturated rings. The van der Waals surface area contributed by atoms with Gasteiger partial charge in [-0.2, -0.15) is 0 Å². The lowest BCUT2D eigenvalue weighted by atomic mass is 9.95. The molecule has 0 unspecified atom stereocenters. The van der Waals surface area contributed by atoms with Crippen molar-refractivity contribution in [3.8, 4) is 0 Å². The maximum atomic E-state index is 12.2. The molecule has 0 aliphatic carbocycles. The maximum absolute atomic E-state index is 12.2. The molecule has 47 heavy (non-hydrogen) atoms. The quantitative estimate of drug-likeness (QED) is 0.187. The van der Waals surface area contributed by atoms with Crippen LogP contribution in [0, 0.1) is 0 Å². The molecule has 2 saturated heterocycles. The van der Waals surface area contributed by atoms with Crippen LogP contribution in [0.15, 0.2) is 0 Å². The van der Waals surface area contributed by atoms with E-state index in [1.54, 1.807) is 0 Å². The van der Waals surface area contributed by atoms with Gasteiger partial charge in [-0.15, -0.1) is 0 Å². The van der Waals surface area contributed by atoms with Crippen LogP contribution in [0.5, 0.6) is 0 Å². The Balaban J connectivity index is 2.56. The average molecular weight is 678 g/mol. The number of hydrogen-bond acceptors (Lipinski definition) is 18. The molecule has 0 aromatic heterocycles. The number of hydrogen-bond donors (Lipinski definition) is 1. The summed E-state index contributed by atoms with van der Waals surface area (Å²) >= 11 is 0. The number of amides is 1. The highest BCUT2D eigenvalue weighted by Crippen LogP contribution is 2.32. The zero-order valence-electron chi connectivity index (χ0n) is 27.0. The summed E-state index contributed by atoms with van der Waals surface area (Å²) < 4.78 is 54.8. The summed E-state index contributed by atoms with van der Waals surface area (Å²) in [5.41, 5.74) is 0. The number of esters is 7. The minimum Gasteiger partial charge on any atom is -0.463 e. The minimum atomic E-state index is -1.66. The van der Waals surface area contributed by atoms with Crippen LogP contribution in [-0.2, 0) is 85.7 Å². The summed E-state index contributed by atoms with van der Waals surface area (Å²) in [6.45, 7) is 7.34. The van der Waals surface area contributed by atoms with Crippen molar-refractivity contribution in [2.45, 2.75) is 117 Å². The van der Waals surface area contributed by atoms with Gasteiger partial charge in [0.1, 0.15) is 24.9 Å². The lowest BCUT2D eigenvalue weighted by molar-refractivity contribution is -0.323. The van der Waals surface area contributed by atoms with E-state index in [9.17, 15) is 38.4 Å². The summed E-state index contributed by atoms with van der Waals surface area (Å²) in [6.07, 6.45) is -13.6. The second kappa shape index (κ2) is 17.5. The van der Waals surface area contributed by atoms with Crippen molar-refractivity contribution >= 4 is 47.7 Å². The molecular formula is C28H39NO18. The smallest absolute Gasteiger partial charge is 0.305 e. The van der Waals surface area contributed by atoms with E-state index in [4.69, 9.17) is 47.4 Å². The Labute approximate surface area is 269 Å². The summed E-state index contributed by atoms with van der Waals surface area (Å²) in [7, 11) is 0. The topological polar surface area (TPSA) is 241 Å². The van der Waals surface area contributed by atoms with Crippen LogP contribution in [0.25, 0.3) is 0 Å². The Morgan fingerprint density at radius 2 is 0.872 bits per heavy atom. The molecule has 10 atom stereocenters. The van der Waals surface area contributed by atoms with Gasteiger partial charge in [0.05, 0.1) is 6.61 Å². The molecule has 2 rings (SSSR count). The second-order valence-corrected chi connectivity index (χ2v) is 10.4. The molecule has 1 N–H and O–H groups in total. The molecule has 0 bridgehead atoms. The Morgan fingerprint density at radius 3 is 1.34 bits per heavy atom. The van der Waals surface area contributed by atoms with Crippen LogP contribution in [0.4, 0.5) is 0 Å². The molecule has 264 valence electrons. The standard InChI is InChI=1S/C28H39NO18/c1-11(30)29-21-24(42-15(5)34)22(40-13(3)32)20(46-27(21)45-18(8)37)10-39-28-26(44-17(7)36)25(43-16(6)35)23(41-14(4)33)19(47-28)9-38-12(2)31/h19-28H,9-10H2,1-8H3,(H,29,30)/t19-,20-,21-,22-,23+,24-,25+,26-,27+,28-/m1/s1. The van der Waals surface area contributed by atoms with Gasteiger partial charge in [-0.25, -0.2) is 0 Å². The Bertz CT molecular complexity index is 1200. The first-order valence-electron chi connectivity index (χ1n) is 14.3. The monoisotopic (exact) mass is 677 g/mol.